The molecule has 76 valence electrons. The maximum atomic E-state index is 12.9. The number of halogens is 2. The predicted octanol–water partition coefficient (Wildman–Crippen LogP) is 3.10. The Kier molecular flexibility index (Phi) is 3.04. The van der Waals surface area contributed by atoms with Gasteiger partial charge in [0.05, 0.1) is 0 Å². The third kappa shape index (κ3) is 2.25. The van der Waals surface area contributed by atoms with Crippen molar-refractivity contribution >= 4 is 11.6 Å². The normalized spacial score (nSPS) is 27.6. The summed E-state index contributed by atoms with van der Waals surface area (Å²) < 4.78 is 12.9. The zero-order valence-corrected chi connectivity index (χ0v) is 8.60. The van der Waals surface area contributed by atoms with E-state index in [0.29, 0.717) is 19.0 Å². The molecule has 0 radical (unpaired) electrons. The quantitative estimate of drug-likeness (QED) is 0.756. The van der Waals surface area contributed by atoms with Crippen molar-refractivity contribution < 1.29 is 4.39 Å². The summed E-state index contributed by atoms with van der Waals surface area (Å²) in [6, 6.07) is 8.04. The molecule has 0 aromatic heterocycles. The molecule has 1 N–H and O–H groups in total. The van der Waals surface area contributed by atoms with Crippen LogP contribution in [0, 0.1) is 0 Å². The van der Waals surface area contributed by atoms with Gasteiger partial charge >= 0.3 is 0 Å². The number of piperidine rings is 1. The average Bonchev–Trinajstić information content (AvgIpc) is 2.21. The minimum absolute atomic E-state index is 0.291. The first-order valence-electron chi connectivity index (χ1n) is 4.88. The highest BCUT2D eigenvalue weighted by atomic mass is 35.5. The summed E-state index contributed by atoms with van der Waals surface area (Å²) in [5, 5.41) is 3.93. The smallest absolute Gasteiger partial charge is 0.113 e. The lowest BCUT2D eigenvalue weighted by molar-refractivity contribution is 0.234. The number of rotatable bonds is 1. The standard InChI is InChI=1S/C11H13ClFN/c12-9-3-1-8(2-4-9)11-6-5-10(13)7-14-11/h1-4,10-11,14H,5-7H2. The second kappa shape index (κ2) is 4.28. The van der Waals surface area contributed by atoms with E-state index < -0.39 is 6.17 Å². The van der Waals surface area contributed by atoms with Gasteiger partial charge in [0.2, 0.25) is 0 Å². The second-order valence-electron chi connectivity index (χ2n) is 3.69. The van der Waals surface area contributed by atoms with Gasteiger partial charge in [0, 0.05) is 17.6 Å². The van der Waals surface area contributed by atoms with Crippen molar-refractivity contribution in [2.75, 3.05) is 6.54 Å². The van der Waals surface area contributed by atoms with Crippen molar-refractivity contribution in [1.29, 1.82) is 0 Å². The fraction of sp³-hybridized carbons (Fsp3) is 0.455. The number of nitrogens with one attached hydrogen (secondary N) is 1. The largest absolute Gasteiger partial charge is 0.307 e. The van der Waals surface area contributed by atoms with Gasteiger partial charge in [-0.1, -0.05) is 23.7 Å². The molecule has 1 heterocycles. The number of hydrogen-bond acceptors (Lipinski definition) is 1. The third-order valence-corrected chi connectivity index (χ3v) is 2.88. The van der Waals surface area contributed by atoms with Crippen LogP contribution in [0.3, 0.4) is 0 Å². The molecular weight excluding hydrogens is 201 g/mol. The Labute approximate surface area is 88.3 Å². The van der Waals surface area contributed by atoms with E-state index in [-0.39, 0.29) is 0 Å². The van der Waals surface area contributed by atoms with Crippen molar-refractivity contribution in [2.24, 2.45) is 0 Å². The summed E-state index contributed by atoms with van der Waals surface area (Å²) in [4.78, 5) is 0. The molecule has 1 fully saturated rings. The first-order chi connectivity index (χ1) is 6.75. The summed E-state index contributed by atoms with van der Waals surface area (Å²) in [7, 11) is 0. The summed E-state index contributed by atoms with van der Waals surface area (Å²) in [5.41, 5.74) is 1.20. The molecule has 0 aliphatic carbocycles. The van der Waals surface area contributed by atoms with Crippen LogP contribution < -0.4 is 5.32 Å². The molecule has 0 saturated carbocycles. The third-order valence-electron chi connectivity index (χ3n) is 2.63. The molecule has 0 amide bonds. The Morgan fingerprint density at radius 2 is 1.93 bits per heavy atom. The fourth-order valence-corrected chi connectivity index (χ4v) is 1.93. The van der Waals surface area contributed by atoms with Gasteiger partial charge in [-0.3, -0.25) is 0 Å². The molecule has 1 saturated heterocycles. The summed E-state index contributed by atoms with van der Waals surface area (Å²) in [6.07, 6.45) is 0.835. The predicted molar refractivity (Wildman–Crippen MR) is 56.3 cm³/mol. The highest BCUT2D eigenvalue weighted by Crippen LogP contribution is 2.25. The first kappa shape index (κ1) is 9.94. The Hall–Kier alpha value is -0.600. The van der Waals surface area contributed by atoms with Gasteiger partial charge < -0.3 is 5.32 Å². The van der Waals surface area contributed by atoms with Crippen LogP contribution in [0.4, 0.5) is 4.39 Å². The topological polar surface area (TPSA) is 12.0 Å². The molecule has 2 atom stereocenters. The van der Waals surface area contributed by atoms with Crippen LogP contribution in [0.5, 0.6) is 0 Å². The number of alkyl halides is 1. The Bertz CT molecular complexity index is 291. The fourth-order valence-electron chi connectivity index (χ4n) is 1.80. The van der Waals surface area contributed by atoms with Crippen LogP contribution in [-0.4, -0.2) is 12.7 Å². The molecule has 1 nitrogen and oxygen atoms in total. The average molecular weight is 214 g/mol. The van der Waals surface area contributed by atoms with Crippen LogP contribution in [0.15, 0.2) is 24.3 Å². The highest BCUT2D eigenvalue weighted by molar-refractivity contribution is 6.30. The molecule has 1 aromatic rings. The zero-order valence-electron chi connectivity index (χ0n) is 7.84. The Morgan fingerprint density at radius 1 is 1.21 bits per heavy atom. The summed E-state index contributed by atoms with van der Waals surface area (Å²) in [6.45, 7) is 0.466. The molecule has 14 heavy (non-hydrogen) atoms. The molecule has 0 spiro atoms. The lowest BCUT2D eigenvalue weighted by Crippen LogP contribution is -2.34. The van der Waals surface area contributed by atoms with E-state index in [2.05, 4.69) is 5.32 Å². The molecule has 1 aliphatic heterocycles. The van der Waals surface area contributed by atoms with E-state index in [1.807, 2.05) is 24.3 Å². The van der Waals surface area contributed by atoms with E-state index in [1.165, 1.54) is 5.56 Å². The molecule has 2 rings (SSSR count). The SMILES string of the molecule is FC1CCC(c2ccc(Cl)cc2)NC1. The lowest BCUT2D eigenvalue weighted by atomic mass is 9.97. The van der Waals surface area contributed by atoms with E-state index in [0.717, 1.165) is 11.4 Å². The van der Waals surface area contributed by atoms with Crippen LogP contribution in [0.25, 0.3) is 0 Å². The van der Waals surface area contributed by atoms with Crippen molar-refractivity contribution in [3.05, 3.63) is 34.9 Å². The summed E-state index contributed by atoms with van der Waals surface area (Å²) >= 11 is 5.79. The van der Waals surface area contributed by atoms with Crippen LogP contribution >= 0.6 is 11.6 Å². The van der Waals surface area contributed by atoms with Gasteiger partial charge in [0.25, 0.3) is 0 Å². The number of hydrogen-bond donors (Lipinski definition) is 1. The Morgan fingerprint density at radius 3 is 2.50 bits per heavy atom. The van der Waals surface area contributed by atoms with E-state index >= 15 is 0 Å². The first-order valence-corrected chi connectivity index (χ1v) is 5.26. The molecular formula is C11H13ClFN. The van der Waals surface area contributed by atoms with Gasteiger partial charge in [-0.15, -0.1) is 0 Å². The van der Waals surface area contributed by atoms with Gasteiger partial charge in [0.15, 0.2) is 0 Å². The van der Waals surface area contributed by atoms with Crippen LogP contribution in [0.2, 0.25) is 5.02 Å². The van der Waals surface area contributed by atoms with Crippen molar-refractivity contribution in [3.8, 4) is 0 Å². The minimum Gasteiger partial charge on any atom is -0.307 e. The van der Waals surface area contributed by atoms with E-state index in [1.54, 1.807) is 0 Å². The minimum atomic E-state index is -0.682. The maximum Gasteiger partial charge on any atom is 0.113 e. The van der Waals surface area contributed by atoms with Crippen LogP contribution in [0.1, 0.15) is 24.4 Å². The van der Waals surface area contributed by atoms with E-state index in [9.17, 15) is 4.39 Å². The molecule has 2 unspecified atom stereocenters. The molecule has 1 aromatic carbocycles. The maximum absolute atomic E-state index is 12.9. The van der Waals surface area contributed by atoms with Crippen molar-refractivity contribution in [2.45, 2.75) is 25.1 Å². The van der Waals surface area contributed by atoms with Crippen molar-refractivity contribution in [3.63, 3.8) is 0 Å². The van der Waals surface area contributed by atoms with Gasteiger partial charge in [-0.25, -0.2) is 4.39 Å². The zero-order chi connectivity index (χ0) is 9.97. The number of benzene rings is 1. The van der Waals surface area contributed by atoms with Crippen LogP contribution in [-0.2, 0) is 0 Å². The molecule has 1 aliphatic rings. The monoisotopic (exact) mass is 213 g/mol. The lowest BCUT2D eigenvalue weighted by Gasteiger charge is -2.26. The second-order valence-corrected chi connectivity index (χ2v) is 4.12. The summed E-state index contributed by atoms with van der Waals surface area (Å²) in [5.74, 6) is 0. The van der Waals surface area contributed by atoms with Gasteiger partial charge in [-0.05, 0) is 30.5 Å². The Balaban J connectivity index is 2.05. The molecule has 0 bridgehead atoms. The van der Waals surface area contributed by atoms with Gasteiger partial charge in [-0.2, -0.15) is 0 Å². The van der Waals surface area contributed by atoms with Crippen molar-refractivity contribution in [1.82, 2.24) is 5.32 Å². The highest BCUT2D eigenvalue weighted by Gasteiger charge is 2.20. The molecule has 3 heteroatoms. The van der Waals surface area contributed by atoms with E-state index in [4.69, 9.17) is 11.6 Å². The van der Waals surface area contributed by atoms with Gasteiger partial charge in [0.1, 0.15) is 6.17 Å².